The molecule has 94 valence electrons. The van der Waals surface area contributed by atoms with Gasteiger partial charge in [0, 0.05) is 25.7 Å². The van der Waals surface area contributed by atoms with Gasteiger partial charge in [-0.25, -0.2) is 0 Å². The zero-order valence-electron chi connectivity index (χ0n) is 11.4. The Balaban J connectivity index is 1.88. The number of rotatable bonds is 2. The number of nitrogens with zero attached hydrogens (tertiary/aromatic N) is 1. The molecule has 1 heterocycles. The first-order chi connectivity index (χ1) is 7.40. The lowest BCUT2D eigenvalue weighted by molar-refractivity contribution is 0.228. The third-order valence-corrected chi connectivity index (χ3v) is 5.13. The van der Waals surface area contributed by atoms with Crippen LogP contribution in [0.1, 0.15) is 40.5 Å². The molecule has 2 N–H and O–H groups in total. The summed E-state index contributed by atoms with van der Waals surface area (Å²) < 4.78 is 0. The molecular weight excluding hydrogens is 196 g/mol. The summed E-state index contributed by atoms with van der Waals surface area (Å²) in [7, 11) is 0. The van der Waals surface area contributed by atoms with E-state index in [2.05, 4.69) is 32.6 Å². The molecule has 2 fully saturated rings. The van der Waals surface area contributed by atoms with Gasteiger partial charge in [-0.2, -0.15) is 0 Å². The van der Waals surface area contributed by atoms with Crippen LogP contribution >= 0.6 is 0 Å². The predicted molar refractivity (Wildman–Crippen MR) is 69.2 cm³/mol. The van der Waals surface area contributed by atoms with Gasteiger partial charge in [0.25, 0.3) is 0 Å². The predicted octanol–water partition coefficient (Wildman–Crippen LogP) is 2.34. The lowest BCUT2D eigenvalue weighted by Gasteiger charge is -2.29. The standard InChI is InChI=1S/C14H28N2/c1-10-7-16(8-11(10)2)9-12-5-6-14(3,4)13(12)15/h10-13H,5-9,15H2,1-4H3. The van der Waals surface area contributed by atoms with Gasteiger partial charge in [-0.15, -0.1) is 0 Å². The lowest BCUT2D eigenvalue weighted by atomic mass is 9.85. The molecule has 1 aliphatic carbocycles. The first kappa shape index (κ1) is 12.4. The molecule has 0 radical (unpaired) electrons. The van der Waals surface area contributed by atoms with Gasteiger partial charge in [0.2, 0.25) is 0 Å². The molecule has 2 heteroatoms. The van der Waals surface area contributed by atoms with Crippen LogP contribution in [-0.4, -0.2) is 30.6 Å². The Morgan fingerprint density at radius 3 is 2.19 bits per heavy atom. The van der Waals surface area contributed by atoms with E-state index in [1.807, 2.05) is 0 Å². The van der Waals surface area contributed by atoms with Crippen molar-refractivity contribution in [1.82, 2.24) is 4.90 Å². The highest BCUT2D eigenvalue weighted by Crippen LogP contribution is 2.40. The molecule has 2 aliphatic rings. The molecule has 16 heavy (non-hydrogen) atoms. The van der Waals surface area contributed by atoms with E-state index in [4.69, 9.17) is 5.73 Å². The van der Waals surface area contributed by atoms with Crippen molar-refractivity contribution in [3.8, 4) is 0 Å². The smallest absolute Gasteiger partial charge is 0.0131 e. The highest BCUT2D eigenvalue weighted by molar-refractivity contribution is 4.96. The SMILES string of the molecule is CC1CN(CC2CCC(C)(C)C2N)CC1C. The van der Waals surface area contributed by atoms with E-state index in [9.17, 15) is 0 Å². The van der Waals surface area contributed by atoms with Gasteiger partial charge in [0.15, 0.2) is 0 Å². The molecule has 0 aromatic rings. The molecule has 4 unspecified atom stereocenters. The maximum Gasteiger partial charge on any atom is 0.0131 e. The lowest BCUT2D eigenvalue weighted by Crippen LogP contribution is -2.41. The Kier molecular flexibility index (Phi) is 3.33. The van der Waals surface area contributed by atoms with E-state index < -0.39 is 0 Å². The fraction of sp³-hybridized carbons (Fsp3) is 1.00. The van der Waals surface area contributed by atoms with Crippen LogP contribution in [0, 0.1) is 23.2 Å². The minimum Gasteiger partial charge on any atom is -0.327 e. The average molecular weight is 224 g/mol. The number of likely N-dealkylation sites (tertiary alicyclic amines) is 1. The summed E-state index contributed by atoms with van der Waals surface area (Å²) in [6, 6.07) is 0.402. The fourth-order valence-electron chi connectivity index (χ4n) is 3.48. The van der Waals surface area contributed by atoms with Crippen molar-refractivity contribution in [2.45, 2.75) is 46.6 Å². The second-order valence-corrected chi connectivity index (χ2v) is 6.99. The van der Waals surface area contributed by atoms with Gasteiger partial charge < -0.3 is 10.6 Å². The van der Waals surface area contributed by atoms with Crippen molar-refractivity contribution >= 4 is 0 Å². The van der Waals surface area contributed by atoms with Crippen LogP contribution in [0.3, 0.4) is 0 Å². The highest BCUT2D eigenvalue weighted by Gasteiger charge is 2.40. The summed E-state index contributed by atoms with van der Waals surface area (Å²) in [6.45, 7) is 13.2. The van der Waals surface area contributed by atoms with Gasteiger partial charge in [-0.05, 0) is 36.0 Å². The van der Waals surface area contributed by atoms with E-state index in [1.54, 1.807) is 0 Å². The molecule has 0 aromatic heterocycles. The third kappa shape index (κ3) is 2.28. The zero-order valence-corrected chi connectivity index (χ0v) is 11.4. The van der Waals surface area contributed by atoms with Crippen molar-refractivity contribution in [3.63, 3.8) is 0 Å². The Hall–Kier alpha value is -0.0800. The summed E-state index contributed by atoms with van der Waals surface area (Å²) in [5, 5.41) is 0. The highest BCUT2D eigenvalue weighted by atomic mass is 15.2. The molecule has 0 aromatic carbocycles. The van der Waals surface area contributed by atoms with E-state index in [0.29, 0.717) is 11.5 Å². The van der Waals surface area contributed by atoms with Crippen LogP contribution in [0.25, 0.3) is 0 Å². The van der Waals surface area contributed by atoms with Gasteiger partial charge in [-0.1, -0.05) is 27.7 Å². The van der Waals surface area contributed by atoms with Gasteiger partial charge in [-0.3, -0.25) is 0 Å². The maximum absolute atomic E-state index is 6.38. The molecule has 0 amide bonds. The van der Waals surface area contributed by atoms with Gasteiger partial charge in [0.05, 0.1) is 0 Å². The monoisotopic (exact) mass is 224 g/mol. The normalized spacial score (nSPS) is 44.1. The van der Waals surface area contributed by atoms with Gasteiger partial charge in [0.1, 0.15) is 0 Å². The summed E-state index contributed by atoms with van der Waals surface area (Å²) in [4.78, 5) is 2.64. The second kappa shape index (κ2) is 4.30. The molecular formula is C14H28N2. The molecule has 2 rings (SSSR count). The van der Waals surface area contributed by atoms with Crippen LogP contribution in [0.2, 0.25) is 0 Å². The van der Waals surface area contributed by atoms with Crippen LogP contribution in [0.4, 0.5) is 0 Å². The van der Waals surface area contributed by atoms with Gasteiger partial charge >= 0.3 is 0 Å². The molecule has 1 saturated carbocycles. The minimum absolute atomic E-state index is 0.363. The largest absolute Gasteiger partial charge is 0.327 e. The number of hydrogen-bond donors (Lipinski definition) is 1. The first-order valence-electron chi connectivity index (χ1n) is 6.88. The topological polar surface area (TPSA) is 29.3 Å². The van der Waals surface area contributed by atoms with E-state index in [0.717, 1.165) is 17.8 Å². The van der Waals surface area contributed by atoms with Crippen LogP contribution < -0.4 is 5.73 Å². The quantitative estimate of drug-likeness (QED) is 0.780. The van der Waals surface area contributed by atoms with Crippen molar-refractivity contribution in [2.24, 2.45) is 28.9 Å². The fourth-order valence-corrected chi connectivity index (χ4v) is 3.48. The zero-order chi connectivity index (χ0) is 11.9. The third-order valence-electron chi connectivity index (χ3n) is 5.13. The summed E-state index contributed by atoms with van der Waals surface area (Å²) in [5.41, 5.74) is 6.74. The number of nitrogens with two attached hydrogens (primary N) is 1. The molecule has 2 nitrogen and oxygen atoms in total. The molecule has 0 spiro atoms. The maximum atomic E-state index is 6.38. The first-order valence-corrected chi connectivity index (χ1v) is 6.88. The molecule has 1 saturated heterocycles. The molecule has 1 aliphatic heterocycles. The van der Waals surface area contributed by atoms with Crippen LogP contribution in [-0.2, 0) is 0 Å². The number of hydrogen-bond acceptors (Lipinski definition) is 2. The molecule has 4 atom stereocenters. The average Bonchev–Trinajstić information content (AvgIpc) is 2.62. The van der Waals surface area contributed by atoms with Crippen molar-refractivity contribution in [2.75, 3.05) is 19.6 Å². The summed E-state index contributed by atoms with van der Waals surface area (Å²) in [5.74, 6) is 2.46. The van der Waals surface area contributed by atoms with E-state index in [1.165, 1.54) is 32.5 Å². The Morgan fingerprint density at radius 1 is 1.19 bits per heavy atom. The Morgan fingerprint density at radius 2 is 1.75 bits per heavy atom. The van der Waals surface area contributed by atoms with E-state index >= 15 is 0 Å². The van der Waals surface area contributed by atoms with Crippen molar-refractivity contribution < 1.29 is 0 Å². The van der Waals surface area contributed by atoms with E-state index in [-0.39, 0.29) is 0 Å². The second-order valence-electron chi connectivity index (χ2n) is 6.99. The van der Waals surface area contributed by atoms with Crippen molar-refractivity contribution in [3.05, 3.63) is 0 Å². The van der Waals surface area contributed by atoms with Crippen molar-refractivity contribution in [1.29, 1.82) is 0 Å². The van der Waals surface area contributed by atoms with Crippen LogP contribution in [0.15, 0.2) is 0 Å². The minimum atomic E-state index is 0.363. The summed E-state index contributed by atoms with van der Waals surface area (Å²) >= 11 is 0. The molecule has 0 bridgehead atoms. The Labute approximate surface area is 101 Å². The van der Waals surface area contributed by atoms with Crippen LogP contribution in [0.5, 0.6) is 0 Å². The summed E-state index contributed by atoms with van der Waals surface area (Å²) in [6.07, 6.45) is 2.63. The Bertz CT molecular complexity index is 239.